The predicted molar refractivity (Wildman–Crippen MR) is 97.8 cm³/mol. The third kappa shape index (κ3) is 4.73. The second-order valence-electron chi connectivity index (χ2n) is 5.60. The molecule has 28 heavy (non-hydrogen) atoms. The summed E-state index contributed by atoms with van der Waals surface area (Å²) in [6.45, 7) is 0.106. The number of nitro groups is 1. The van der Waals surface area contributed by atoms with Crippen molar-refractivity contribution in [3.63, 3.8) is 0 Å². The highest BCUT2D eigenvalue weighted by atomic mass is 16.6. The van der Waals surface area contributed by atoms with Crippen LogP contribution in [-0.2, 0) is 11.3 Å². The molecule has 2 aromatic heterocycles. The zero-order valence-corrected chi connectivity index (χ0v) is 14.5. The molecule has 0 atom stereocenters. The van der Waals surface area contributed by atoms with E-state index in [0.29, 0.717) is 11.3 Å². The fraction of sp³-hybridized carbons (Fsp3) is 0.0526. The molecule has 2 heterocycles. The van der Waals surface area contributed by atoms with Crippen molar-refractivity contribution in [2.75, 3.05) is 0 Å². The molecular formula is C19H15N3O6. The Balaban J connectivity index is 1.84. The first-order valence-corrected chi connectivity index (χ1v) is 8.14. The van der Waals surface area contributed by atoms with E-state index < -0.39 is 16.7 Å². The molecule has 0 aliphatic heterocycles. The lowest BCUT2D eigenvalue weighted by atomic mass is 10.1. The van der Waals surface area contributed by atoms with Crippen LogP contribution in [0.4, 0.5) is 5.69 Å². The fourth-order valence-electron chi connectivity index (χ4n) is 2.32. The van der Waals surface area contributed by atoms with Gasteiger partial charge in [0.2, 0.25) is 0 Å². The molecule has 0 aliphatic rings. The number of rotatable bonds is 7. The van der Waals surface area contributed by atoms with E-state index in [1.807, 2.05) is 0 Å². The highest BCUT2D eigenvalue weighted by molar-refractivity contribution is 6.04. The first kappa shape index (κ1) is 18.6. The molecule has 0 aliphatic carbocycles. The van der Waals surface area contributed by atoms with Crippen LogP contribution in [0.15, 0.2) is 75.6 Å². The monoisotopic (exact) mass is 381 g/mol. The third-order valence-corrected chi connectivity index (χ3v) is 3.63. The van der Waals surface area contributed by atoms with Crippen LogP contribution in [0.3, 0.4) is 0 Å². The Labute approximate surface area is 158 Å². The van der Waals surface area contributed by atoms with E-state index in [-0.39, 0.29) is 23.7 Å². The Morgan fingerprint density at radius 1 is 1.07 bits per heavy atom. The van der Waals surface area contributed by atoms with Crippen molar-refractivity contribution in [3.8, 4) is 0 Å². The van der Waals surface area contributed by atoms with Crippen molar-refractivity contribution in [1.29, 1.82) is 0 Å². The first-order chi connectivity index (χ1) is 13.5. The lowest BCUT2D eigenvalue weighted by Gasteiger charge is -2.09. The highest BCUT2D eigenvalue weighted by Gasteiger charge is 2.17. The first-order valence-electron chi connectivity index (χ1n) is 8.14. The van der Waals surface area contributed by atoms with Gasteiger partial charge in [-0.05, 0) is 35.9 Å². The number of carbonyl (C=O) groups is 2. The van der Waals surface area contributed by atoms with Gasteiger partial charge < -0.3 is 19.5 Å². The van der Waals surface area contributed by atoms with Gasteiger partial charge in [-0.25, -0.2) is 0 Å². The zero-order chi connectivity index (χ0) is 19.9. The Kier molecular flexibility index (Phi) is 5.66. The van der Waals surface area contributed by atoms with Gasteiger partial charge in [0, 0.05) is 12.1 Å². The summed E-state index contributed by atoms with van der Waals surface area (Å²) in [6, 6.07) is 12.0. The number of amides is 2. The molecule has 0 spiro atoms. The highest BCUT2D eigenvalue weighted by Crippen LogP contribution is 2.16. The quantitative estimate of drug-likeness (QED) is 0.368. The molecule has 0 radical (unpaired) electrons. The van der Waals surface area contributed by atoms with E-state index in [4.69, 9.17) is 8.83 Å². The van der Waals surface area contributed by atoms with Crippen LogP contribution >= 0.6 is 0 Å². The minimum absolute atomic E-state index is 0.0174. The van der Waals surface area contributed by atoms with E-state index in [1.54, 1.807) is 18.2 Å². The number of nitrogens with zero attached hydrogens (tertiary/aromatic N) is 1. The Morgan fingerprint density at radius 2 is 1.86 bits per heavy atom. The van der Waals surface area contributed by atoms with E-state index in [2.05, 4.69) is 10.6 Å². The molecule has 2 amide bonds. The minimum atomic E-state index is -0.630. The van der Waals surface area contributed by atoms with Crippen molar-refractivity contribution >= 4 is 23.6 Å². The smallest absolute Gasteiger partial charge is 0.291 e. The molecular weight excluding hydrogens is 366 g/mol. The normalized spacial score (nSPS) is 11.1. The minimum Gasteiger partial charge on any atom is -0.467 e. The summed E-state index contributed by atoms with van der Waals surface area (Å²) in [4.78, 5) is 35.2. The second-order valence-corrected chi connectivity index (χ2v) is 5.60. The van der Waals surface area contributed by atoms with Crippen molar-refractivity contribution in [1.82, 2.24) is 10.6 Å². The topological polar surface area (TPSA) is 128 Å². The number of hydrogen-bond donors (Lipinski definition) is 2. The molecule has 0 saturated carbocycles. The van der Waals surface area contributed by atoms with Gasteiger partial charge in [-0.1, -0.05) is 12.1 Å². The number of benzene rings is 1. The summed E-state index contributed by atoms with van der Waals surface area (Å²) in [6.07, 6.45) is 4.14. The van der Waals surface area contributed by atoms with Gasteiger partial charge in [0.1, 0.15) is 11.5 Å². The standard InChI is InChI=1S/C19H15N3O6/c23-18(20-12-15-6-2-8-27-15)16(21-19(24)17-7-3-9-28-17)11-13-4-1-5-14(10-13)22(25)26/h1-11H,12H2,(H,20,23)(H,21,24)/b16-11+. The van der Waals surface area contributed by atoms with Crippen LogP contribution in [0, 0.1) is 10.1 Å². The van der Waals surface area contributed by atoms with Gasteiger partial charge >= 0.3 is 0 Å². The maximum absolute atomic E-state index is 12.6. The number of furan rings is 2. The molecule has 1 aromatic carbocycles. The van der Waals surface area contributed by atoms with E-state index in [0.717, 1.165) is 0 Å². The SMILES string of the molecule is O=C(NCc1ccco1)/C(=C\c1cccc([N+](=O)[O-])c1)NC(=O)c1ccco1. The van der Waals surface area contributed by atoms with Gasteiger partial charge in [0.15, 0.2) is 5.76 Å². The molecule has 2 N–H and O–H groups in total. The fourth-order valence-corrected chi connectivity index (χ4v) is 2.32. The Hall–Kier alpha value is -4.14. The van der Waals surface area contributed by atoms with Crippen molar-refractivity contribution in [2.24, 2.45) is 0 Å². The van der Waals surface area contributed by atoms with Gasteiger partial charge in [0.05, 0.1) is 24.0 Å². The van der Waals surface area contributed by atoms with Crippen LogP contribution < -0.4 is 10.6 Å². The number of hydrogen-bond acceptors (Lipinski definition) is 6. The molecule has 0 bridgehead atoms. The Bertz CT molecular complexity index is 1010. The third-order valence-electron chi connectivity index (χ3n) is 3.63. The van der Waals surface area contributed by atoms with Gasteiger partial charge in [-0.2, -0.15) is 0 Å². The number of non-ortho nitro benzene ring substituents is 1. The summed E-state index contributed by atoms with van der Waals surface area (Å²) in [5, 5.41) is 16.0. The van der Waals surface area contributed by atoms with Crippen LogP contribution in [-0.4, -0.2) is 16.7 Å². The summed E-state index contributed by atoms with van der Waals surface area (Å²) in [5.41, 5.74) is 0.131. The summed E-state index contributed by atoms with van der Waals surface area (Å²) < 4.78 is 10.2. The number of nitro benzene ring substituents is 1. The molecule has 0 fully saturated rings. The van der Waals surface area contributed by atoms with Crippen LogP contribution in [0.2, 0.25) is 0 Å². The number of nitrogens with one attached hydrogen (secondary N) is 2. The van der Waals surface area contributed by atoms with Gasteiger partial charge in [-0.15, -0.1) is 0 Å². The average Bonchev–Trinajstić information content (AvgIpc) is 3.39. The second kappa shape index (κ2) is 8.49. The van der Waals surface area contributed by atoms with Crippen LogP contribution in [0.25, 0.3) is 6.08 Å². The summed E-state index contributed by atoms with van der Waals surface area (Å²) in [5.74, 6) is -0.679. The van der Waals surface area contributed by atoms with E-state index >= 15 is 0 Å². The molecule has 3 rings (SSSR count). The molecule has 0 unspecified atom stereocenters. The summed E-state index contributed by atoms with van der Waals surface area (Å²) in [7, 11) is 0. The maximum atomic E-state index is 12.6. The maximum Gasteiger partial charge on any atom is 0.291 e. The molecule has 142 valence electrons. The largest absolute Gasteiger partial charge is 0.467 e. The average molecular weight is 381 g/mol. The lowest BCUT2D eigenvalue weighted by Crippen LogP contribution is -2.34. The lowest BCUT2D eigenvalue weighted by molar-refractivity contribution is -0.384. The molecule has 0 saturated heterocycles. The molecule has 9 heteroatoms. The van der Waals surface area contributed by atoms with Crippen molar-refractivity contribution in [3.05, 3.63) is 94.0 Å². The van der Waals surface area contributed by atoms with Crippen molar-refractivity contribution < 1.29 is 23.3 Å². The van der Waals surface area contributed by atoms with Gasteiger partial charge in [0.25, 0.3) is 17.5 Å². The van der Waals surface area contributed by atoms with Crippen molar-refractivity contribution in [2.45, 2.75) is 6.54 Å². The molecule has 3 aromatic rings. The Morgan fingerprint density at radius 3 is 2.54 bits per heavy atom. The van der Waals surface area contributed by atoms with Gasteiger partial charge in [-0.3, -0.25) is 19.7 Å². The predicted octanol–water partition coefficient (Wildman–Crippen LogP) is 2.87. The van der Waals surface area contributed by atoms with E-state index in [1.165, 1.54) is 48.9 Å². The number of carbonyl (C=O) groups excluding carboxylic acids is 2. The van der Waals surface area contributed by atoms with E-state index in [9.17, 15) is 19.7 Å². The molecule has 9 nitrogen and oxygen atoms in total. The van der Waals surface area contributed by atoms with Crippen LogP contribution in [0.5, 0.6) is 0 Å². The zero-order valence-electron chi connectivity index (χ0n) is 14.5. The summed E-state index contributed by atoms with van der Waals surface area (Å²) >= 11 is 0. The van der Waals surface area contributed by atoms with Crippen LogP contribution in [0.1, 0.15) is 21.9 Å².